The SMILES string of the molecule is O=C(CN1CCN(C(=O)C2CCCCC2)CC1)Nc1ccccc1C(=O)Nc1ccc2c(c1)OCO2. The van der Waals surface area contributed by atoms with Crippen LogP contribution in [-0.4, -0.2) is 67.0 Å². The monoisotopic (exact) mass is 492 g/mol. The number of benzene rings is 2. The number of carbonyl (C=O) groups excluding carboxylic acids is 3. The lowest BCUT2D eigenvalue weighted by Gasteiger charge is -2.36. The highest BCUT2D eigenvalue weighted by Crippen LogP contribution is 2.34. The van der Waals surface area contributed by atoms with Crippen LogP contribution in [0.15, 0.2) is 42.5 Å². The molecule has 2 aliphatic heterocycles. The Kier molecular flexibility index (Phi) is 7.36. The Morgan fingerprint density at radius 3 is 2.42 bits per heavy atom. The molecule has 2 heterocycles. The van der Waals surface area contributed by atoms with Crippen molar-refractivity contribution in [3.63, 3.8) is 0 Å². The molecule has 0 spiro atoms. The average molecular weight is 493 g/mol. The van der Waals surface area contributed by atoms with Gasteiger partial charge in [0.15, 0.2) is 11.5 Å². The van der Waals surface area contributed by atoms with Gasteiger partial charge in [0, 0.05) is 43.9 Å². The summed E-state index contributed by atoms with van der Waals surface area (Å²) in [5.41, 5.74) is 1.39. The molecule has 1 saturated heterocycles. The van der Waals surface area contributed by atoms with Crippen molar-refractivity contribution in [2.45, 2.75) is 32.1 Å². The van der Waals surface area contributed by atoms with Crippen LogP contribution in [0, 0.1) is 5.92 Å². The van der Waals surface area contributed by atoms with E-state index in [1.807, 2.05) is 4.90 Å². The van der Waals surface area contributed by atoms with E-state index < -0.39 is 0 Å². The third-order valence-electron chi connectivity index (χ3n) is 7.08. The molecule has 0 aromatic heterocycles. The van der Waals surface area contributed by atoms with Crippen molar-refractivity contribution in [2.75, 3.05) is 50.2 Å². The zero-order chi connectivity index (χ0) is 24.9. The Balaban J connectivity index is 1.14. The number of piperazine rings is 1. The van der Waals surface area contributed by atoms with Gasteiger partial charge >= 0.3 is 0 Å². The molecular formula is C27H32N4O5. The molecule has 36 heavy (non-hydrogen) atoms. The molecule has 0 unspecified atom stereocenters. The van der Waals surface area contributed by atoms with E-state index in [0.29, 0.717) is 54.6 Å². The predicted molar refractivity (Wildman–Crippen MR) is 135 cm³/mol. The normalized spacial score (nSPS) is 18.1. The van der Waals surface area contributed by atoms with Gasteiger partial charge < -0.3 is 25.0 Å². The fraction of sp³-hybridized carbons (Fsp3) is 0.444. The highest BCUT2D eigenvalue weighted by atomic mass is 16.7. The first-order chi connectivity index (χ1) is 17.6. The topological polar surface area (TPSA) is 100 Å². The molecule has 1 aliphatic carbocycles. The van der Waals surface area contributed by atoms with Gasteiger partial charge in [-0.05, 0) is 37.1 Å². The van der Waals surface area contributed by atoms with Crippen LogP contribution in [0.2, 0.25) is 0 Å². The van der Waals surface area contributed by atoms with Crippen LogP contribution in [0.25, 0.3) is 0 Å². The number of nitrogens with one attached hydrogen (secondary N) is 2. The number of anilines is 2. The third kappa shape index (κ3) is 5.62. The molecule has 2 N–H and O–H groups in total. The van der Waals surface area contributed by atoms with E-state index in [0.717, 1.165) is 25.7 Å². The molecule has 0 radical (unpaired) electrons. The summed E-state index contributed by atoms with van der Waals surface area (Å²) in [6.07, 6.45) is 5.53. The van der Waals surface area contributed by atoms with Gasteiger partial charge in [-0.3, -0.25) is 19.3 Å². The maximum atomic E-state index is 13.0. The van der Waals surface area contributed by atoms with Gasteiger partial charge in [0.25, 0.3) is 5.91 Å². The minimum atomic E-state index is -0.334. The number of nitrogens with zero attached hydrogens (tertiary/aromatic N) is 2. The molecule has 9 nitrogen and oxygen atoms in total. The lowest BCUT2D eigenvalue weighted by Crippen LogP contribution is -2.52. The number of fused-ring (bicyclic) bond motifs is 1. The molecule has 0 atom stereocenters. The Bertz CT molecular complexity index is 1120. The van der Waals surface area contributed by atoms with Crippen LogP contribution in [0.4, 0.5) is 11.4 Å². The molecule has 2 aromatic rings. The summed E-state index contributed by atoms with van der Waals surface area (Å²) < 4.78 is 10.7. The van der Waals surface area contributed by atoms with Gasteiger partial charge in [0.2, 0.25) is 18.6 Å². The van der Waals surface area contributed by atoms with Crippen molar-refractivity contribution in [1.29, 1.82) is 0 Å². The largest absolute Gasteiger partial charge is 0.454 e. The molecule has 2 fully saturated rings. The van der Waals surface area contributed by atoms with Crippen LogP contribution in [-0.2, 0) is 9.59 Å². The standard InChI is InChI=1S/C27H32N4O5/c32-25(17-30-12-14-31(15-13-30)27(34)19-6-2-1-3-7-19)29-22-9-5-4-8-21(22)26(33)28-20-10-11-23-24(16-20)36-18-35-23/h4-5,8-11,16,19H,1-3,6-7,12-15,17-18H2,(H,28,33)(H,29,32). The van der Waals surface area contributed by atoms with Crippen molar-refractivity contribution in [2.24, 2.45) is 5.92 Å². The minimum absolute atomic E-state index is 0.160. The van der Waals surface area contributed by atoms with E-state index in [1.54, 1.807) is 42.5 Å². The van der Waals surface area contributed by atoms with Gasteiger partial charge in [0.1, 0.15) is 0 Å². The smallest absolute Gasteiger partial charge is 0.257 e. The Morgan fingerprint density at radius 2 is 1.61 bits per heavy atom. The van der Waals surface area contributed by atoms with E-state index in [2.05, 4.69) is 15.5 Å². The second-order valence-corrected chi connectivity index (χ2v) is 9.55. The Hall–Kier alpha value is -3.59. The van der Waals surface area contributed by atoms with Crippen molar-refractivity contribution < 1.29 is 23.9 Å². The maximum Gasteiger partial charge on any atom is 0.257 e. The molecule has 3 aliphatic rings. The number of carbonyl (C=O) groups is 3. The third-order valence-corrected chi connectivity index (χ3v) is 7.08. The van der Waals surface area contributed by atoms with Gasteiger partial charge in [-0.1, -0.05) is 31.4 Å². The van der Waals surface area contributed by atoms with E-state index in [-0.39, 0.29) is 37.0 Å². The van der Waals surface area contributed by atoms with Crippen molar-refractivity contribution in [1.82, 2.24) is 9.80 Å². The first-order valence-electron chi connectivity index (χ1n) is 12.7. The summed E-state index contributed by atoms with van der Waals surface area (Å²) in [4.78, 5) is 42.6. The van der Waals surface area contributed by atoms with E-state index in [1.165, 1.54) is 6.42 Å². The first kappa shape index (κ1) is 24.1. The average Bonchev–Trinajstić information content (AvgIpc) is 3.37. The molecule has 190 valence electrons. The number of rotatable bonds is 6. The highest BCUT2D eigenvalue weighted by Gasteiger charge is 2.29. The van der Waals surface area contributed by atoms with Crippen molar-refractivity contribution in [3.05, 3.63) is 48.0 Å². The highest BCUT2D eigenvalue weighted by molar-refractivity contribution is 6.10. The molecule has 3 amide bonds. The number of amides is 3. The van der Waals surface area contributed by atoms with Gasteiger partial charge in [-0.25, -0.2) is 0 Å². The maximum absolute atomic E-state index is 13.0. The van der Waals surface area contributed by atoms with Crippen LogP contribution in [0.5, 0.6) is 11.5 Å². The van der Waals surface area contributed by atoms with Crippen molar-refractivity contribution in [3.8, 4) is 11.5 Å². The summed E-state index contributed by atoms with van der Waals surface area (Å²) in [6.45, 7) is 3.00. The summed E-state index contributed by atoms with van der Waals surface area (Å²) in [5, 5.41) is 5.74. The zero-order valence-electron chi connectivity index (χ0n) is 20.3. The fourth-order valence-corrected chi connectivity index (χ4v) is 5.09. The lowest BCUT2D eigenvalue weighted by atomic mass is 9.88. The molecule has 9 heteroatoms. The van der Waals surface area contributed by atoms with Crippen LogP contribution < -0.4 is 20.1 Å². The van der Waals surface area contributed by atoms with Gasteiger partial charge in [-0.15, -0.1) is 0 Å². The molecular weight excluding hydrogens is 460 g/mol. The molecule has 5 rings (SSSR count). The number of hydrogen-bond donors (Lipinski definition) is 2. The van der Waals surface area contributed by atoms with E-state index in [4.69, 9.17) is 9.47 Å². The van der Waals surface area contributed by atoms with Crippen LogP contribution >= 0.6 is 0 Å². The second-order valence-electron chi connectivity index (χ2n) is 9.55. The predicted octanol–water partition coefficient (Wildman–Crippen LogP) is 3.33. The summed E-state index contributed by atoms with van der Waals surface area (Å²) >= 11 is 0. The lowest BCUT2D eigenvalue weighted by molar-refractivity contribution is -0.138. The molecule has 1 saturated carbocycles. The van der Waals surface area contributed by atoms with Crippen LogP contribution in [0.3, 0.4) is 0 Å². The molecule has 2 aromatic carbocycles. The Labute approximate surface area is 210 Å². The zero-order valence-corrected chi connectivity index (χ0v) is 20.3. The number of ether oxygens (including phenoxy) is 2. The summed E-state index contributed by atoms with van der Waals surface area (Å²) in [7, 11) is 0. The quantitative estimate of drug-likeness (QED) is 0.642. The summed E-state index contributed by atoms with van der Waals surface area (Å²) in [6, 6.07) is 12.1. The second kappa shape index (κ2) is 11.0. The minimum Gasteiger partial charge on any atom is -0.454 e. The number of para-hydroxylation sites is 1. The van der Waals surface area contributed by atoms with E-state index in [9.17, 15) is 14.4 Å². The van der Waals surface area contributed by atoms with Gasteiger partial charge in [0.05, 0.1) is 17.8 Å². The fourth-order valence-electron chi connectivity index (χ4n) is 5.09. The van der Waals surface area contributed by atoms with Gasteiger partial charge in [-0.2, -0.15) is 0 Å². The van der Waals surface area contributed by atoms with E-state index >= 15 is 0 Å². The Morgan fingerprint density at radius 1 is 0.861 bits per heavy atom. The number of hydrogen-bond acceptors (Lipinski definition) is 6. The molecule has 0 bridgehead atoms. The van der Waals surface area contributed by atoms with Crippen molar-refractivity contribution >= 4 is 29.1 Å². The summed E-state index contributed by atoms with van der Waals surface area (Å²) in [5.74, 6) is 1.15. The first-order valence-corrected chi connectivity index (χ1v) is 12.7. The van der Waals surface area contributed by atoms with Crippen LogP contribution in [0.1, 0.15) is 42.5 Å².